The van der Waals surface area contributed by atoms with E-state index in [4.69, 9.17) is 0 Å². The van der Waals surface area contributed by atoms with Crippen LogP contribution in [0.25, 0.3) is 0 Å². The fourth-order valence-electron chi connectivity index (χ4n) is 2.12. The number of carbonyl (C=O) groups is 1. The fraction of sp³-hybridized carbons (Fsp3) is 0.593. The highest BCUT2D eigenvalue weighted by Gasteiger charge is 1.99. The van der Waals surface area contributed by atoms with E-state index in [1.165, 1.54) is 62.7 Å². The van der Waals surface area contributed by atoms with E-state index in [1.54, 1.807) is 12.7 Å². The van der Waals surface area contributed by atoms with E-state index in [0.717, 1.165) is 6.61 Å². The average molecular weight is 407 g/mol. The second-order valence-electron chi connectivity index (χ2n) is 6.91. The van der Waals surface area contributed by atoms with E-state index in [-0.39, 0.29) is 7.21 Å². The Hall–Kier alpha value is -1.67. The van der Waals surface area contributed by atoms with Crippen molar-refractivity contribution in [2.75, 3.05) is 13.7 Å². The maximum atomic E-state index is 9.44. The first-order valence-electron chi connectivity index (χ1n) is 11.2. The minimum Gasteiger partial charge on any atom is -0.385 e. The number of ether oxygens (including phenoxy) is 1. The summed E-state index contributed by atoms with van der Waals surface area (Å²) in [5.41, 5.74) is 5.92. The Kier molecular flexibility index (Phi) is 26.9. The molecular weight excluding hydrogens is 356 g/mol. The van der Waals surface area contributed by atoms with Crippen LogP contribution in [-0.4, -0.2) is 19.5 Å². The molecule has 170 valence electrons. The van der Waals surface area contributed by atoms with Crippen molar-refractivity contribution in [3.63, 3.8) is 0 Å². The number of aryl methyl sites for hydroxylation is 2. The maximum Gasteiger partial charge on any atom is 0.126 e. The van der Waals surface area contributed by atoms with Crippen molar-refractivity contribution in [2.45, 2.75) is 94.4 Å². The Labute approximate surface area is 183 Å². The summed E-state index contributed by atoms with van der Waals surface area (Å²) < 4.78 is 4.54. The standard InChI is InChI=1S/C10H14.C9H14.C3H8O.C3H6O.C2H6.H2/c1-3-4-10-7-5-9(2)6-8-10;1-3-9-6-4-8(2)5-7-9;1-3-4-2;1-3(2)4;1-2;/h5-8H,3-4H2,1-2H3;4,6H,3,5,7H2,1-2H3;3H2,1-2H3;1-2H3;1-2H3;1H. The third-order valence-corrected chi connectivity index (χ3v) is 3.85. The summed E-state index contributed by atoms with van der Waals surface area (Å²) in [4.78, 5) is 9.44. The molecule has 1 aromatic rings. The van der Waals surface area contributed by atoms with Gasteiger partial charge in [0, 0.05) is 15.1 Å². The normalized spacial score (nSPS) is 11.4. The second-order valence-corrected chi connectivity index (χ2v) is 6.91. The second kappa shape index (κ2) is 24.4. The Balaban J connectivity index is -0.000000155. The summed E-state index contributed by atoms with van der Waals surface area (Å²) in [6, 6.07) is 8.76. The molecule has 1 aromatic carbocycles. The highest BCUT2D eigenvalue weighted by atomic mass is 16.5. The molecule has 1 aliphatic rings. The number of Topliss-reactive ketones (excluding diaryl/α,β-unsaturated/α-hetero) is 1. The van der Waals surface area contributed by atoms with Crippen LogP contribution in [0.5, 0.6) is 0 Å². The van der Waals surface area contributed by atoms with Crippen molar-refractivity contribution >= 4 is 5.78 Å². The summed E-state index contributed by atoms with van der Waals surface area (Å²) in [6.45, 7) is 18.6. The molecule has 0 amide bonds. The zero-order chi connectivity index (χ0) is 23.1. The monoisotopic (exact) mass is 406 g/mol. The van der Waals surface area contributed by atoms with E-state index >= 15 is 0 Å². The Morgan fingerprint density at radius 3 is 1.76 bits per heavy atom. The largest absolute Gasteiger partial charge is 0.385 e. The minimum absolute atomic E-state index is 0. The number of allylic oxidation sites excluding steroid dienone is 4. The van der Waals surface area contributed by atoms with Gasteiger partial charge in [0.1, 0.15) is 5.78 Å². The Morgan fingerprint density at radius 2 is 1.45 bits per heavy atom. The maximum absolute atomic E-state index is 9.44. The van der Waals surface area contributed by atoms with Gasteiger partial charge in [-0.15, -0.1) is 0 Å². The van der Waals surface area contributed by atoms with E-state index in [2.05, 4.69) is 68.8 Å². The quantitative estimate of drug-likeness (QED) is 0.500. The predicted molar refractivity (Wildman–Crippen MR) is 134 cm³/mol. The van der Waals surface area contributed by atoms with Gasteiger partial charge < -0.3 is 9.53 Å². The van der Waals surface area contributed by atoms with Gasteiger partial charge in [-0.25, -0.2) is 0 Å². The molecule has 29 heavy (non-hydrogen) atoms. The molecule has 0 bridgehead atoms. The lowest BCUT2D eigenvalue weighted by Gasteiger charge is -2.08. The van der Waals surface area contributed by atoms with Gasteiger partial charge in [-0.1, -0.05) is 87.2 Å². The van der Waals surface area contributed by atoms with Gasteiger partial charge in [0.25, 0.3) is 0 Å². The first-order chi connectivity index (χ1) is 13.8. The Bertz CT molecular complexity index is 536. The predicted octanol–water partition coefficient (Wildman–Crippen LogP) is 8.53. The van der Waals surface area contributed by atoms with Gasteiger partial charge >= 0.3 is 0 Å². The molecule has 0 saturated carbocycles. The third-order valence-electron chi connectivity index (χ3n) is 3.85. The molecule has 0 fully saturated rings. The van der Waals surface area contributed by atoms with Crippen LogP contribution in [0.2, 0.25) is 0 Å². The summed E-state index contributed by atoms with van der Waals surface area (Å²) in [7, 11) is 1.68. The van der Waals surface area contributed by atoms with Crippen LogP contribution in [0.3, 0.4) is 0 Å². The average Bonchev–Trinajstić information content (AvgIpc) is 2.72. The van der Waals surface area contributed by atoms with Crippen LogP contribution < -0.4 is 0 Å². The molecule has 2 heteroatoms. The highest BCUT2D eigenvalue weighted by molar-refractivity contribution is 5.72. The van der Waals surface area contributed by atoms with Crippen molar-refractivity contribution < 1.29 is 11.0 Å². The molecule has 0 unspecified atom stereocenters. The van der Waals surface area contributed by atoms with Crippen LogP contribution in [-0.2, 0) is 16.0 Å². The summed E-state index contributed by atoms with van der Waals surface area (Å²) in [5.74, 6) is 0.167. The van der Waals surface area contributed by atoms with E-state index in [0.29, 0.717) is 0 Å². The number of hydrogen-bond acceptors (Lipinski definition) is 2. The van der Waals surface area contributed by atoms with Crippen molar-refractivity contribution in [2.24, 2.45) is 0 Å². The third kappa shape index (κ3) is 26.3. The van der Waals surface area contributed by atoms with Gasteiger partial charge in [0.05, 0.1) is 0 Å². The van der Waals surface area contributed by atoms with E-state index in [9.17, 15) is 4.79 Å². The molecule has 0 N–H and O–H groups in total. The van der Waals surface area contributed by atoms with E-state index < -0.39 is 0 Å². The number of hydrogen-bond donors (Lipinski definition) is 0. The molecule has 0 atom stereocenters. The van der Waals surface area contributed by atoms with Crippen LogP contribution >= 0.6 is 0 Å². The lowest BCUT2D eigenvalue weighted by molar-refractivity contribution is -0.114. The molecule has 0 saturated heterocycles. The van der Waals surface area contributed by atoms with Crippen LogP contribution in [0.1, 0.15) is 93.6 Å². The molecule has 0 aromatic heterocycles. The fourth-order valence-corrected chi connectivity index (χ4v) is 2.12. The van der Waals surface area contributed by atoms with Crippen LogP contribution in [0.15, 0.2) is 47.6 Å². The van der Waals surface area contributed by atoms with Crippen molar-refractivity contribution in [1.82, 2.24) is 0 Å². The molecule has 0 radical (unpaired) electrons. The molecular formula is C27H50O2. The zero-order valence-electron chi connectivity index (χ0n) is 21.0. The summed E-state index contributed by atoms with van der Waals surface area (Å²) in [5, 5.41) is 0. The first kappa shape index (κ1) is 32.0. The zero-order valence-corrected chi connectivity index (χ0v) is 21.0. The van der Waals surface area contributed by atoms with Gasteiger partial charge in [0.2, 0.25) is 0 Å². The van der Waals surface area contributed by atoms with Crippen LogP contribution in [0, 0.1) is 6.92 Å². The SMILES string of the molecule is CC.CC(C)=O.CCC1=CC=C(C)CC1.CCCc1ccc(C)cc1.CCOC.[HH]. The molecule has 0 spiro atoms. The van der Waals surface area contributed by atoms with Crippen molar-refractivity contribution in [3.8, 4) is 0 Å². The smallest absolute Gasteiger partial charge is 0.126 e. The topological polar surface area (TPSA) is 26.3 Å². The highest BCUT2D eigenvalue weighted by Crippen LogP contribution is 2.19. The minimum atomic E-state index is 0. The summed E-state index contributed by atoms with van der Waals surface area (Å²) in [6.07, 6.45) is 10.7. The lowest BCUT2D eigenvalue weighted by atomic mass is 9.98. The van der Waals surface area contributed by atoms with Gasteiger partial charge in [-0.2, -0.15) is 0 Å². The van der Waals surface area contributed by atoms with E-state index in [1.807, 2.05) is 20.8 Å². The molecule has 1 aliphatic carbocycles. The number of rotatable bonds is 4. The first-order valence-corrected chi connectivity index (χ1v) is 11.2. The van der Waals surface area contributed by atoms with Gasteiger partial charge in [-0.3, -0.25) is 0 Å². The van der Waals surface area contributed by atoms with Crippen molar-refractivity contribution in [3.05, 3.63) is 58.7 Å². The molecule has 0 aliphatic heterocycles. The lowest BCUT2D eigenvalue weighted by Crippen LogP contribution is -1.88. The van der Waals surface area contributed by atoms with Crippen molar-refractivity contribution in [1.29, 1.82) is 0 Å². The number of carbonyl (C=O) groups excluding carboxylic acids is 1. The number of methoxy groups -OCH3 is 1. The number of ketones is 1. The van der Waals surface area contributed by atoms with Crippen LogP contribution in [0.4, 0.5) is 0 Å². The number of benzene rings is 1. The molecule has 2 rings (SSSR count). The molecule has 0 heterocycles. The Morgan fingerprint density at radius 1 is 0.966 bits per heavy atom. The van der Waals surface area contributed by atoms with Gasteiger partial charge in [0.15, 0.2) is 0 Å². The molecule has 2 nitrogen and oxygen atoms in total. The van der Waals surface area contributed by atoms with Gasteiger partial charge in [-0.05, 0) is 65.9 Å². The summed E-state index contributed by atoms with van der Waals surface area (Å²) >= 11 is 0.